The first-order chi connectivity index (χ1) is 14.8. The van der Waals surface area contributed by atoms with Crippen LogP contribution in [0.15, 0.2) is 42.5 Å². The van der Waals surface area contributed by atoms with Gasteiger partial charge in [-0.1, -0.05) is 18.2 Å². The first kappa shape index (κ1) is 19.1. The van der Waals surface area contributed by atoms with Gasteiger partial charge in [0.15, 0.2) is 6.10 Å². The summed E-state index contributed by atoms with van der Waals surface area (Å²) in [7, 11) is 0. The number of carbonyl (C=O) groups excluding carboxylic acids is 4. The van der Waals surface area contributed by atoms with Gasteiger partial charge in [-0.3, -0.25) is 24.6 Å². The summed E-state index contributed by atoms with van der Waals surface area (Å²) in [6.07, 6.45) is 0.0910. The number of nitrogens with zero attached hydrogens (tertiary/aromatic N) is 1. The van der Waals surface area contributed by atoms with Crippen LogP contribution in [-0.4, -0.2) is 41.9 Å². The Morgan fingerprint density at radius 2 is 1.97 bits per heavy atom. The largest absolute Gasteiger partial charge is 0.479 e. The molecule has 162 valence electrons. The monoisotopic (exact) mass is 424 g/mol. The SMILES string of the molecule is CC1Oc2ccccc2N(CC(=O)Nc2ccc3c(c2)CC2(C3)NC(=O)NC2=O)C1=O.[HH].[HH]. The summed E-state index contributed by atoms with van der Waals surface area (Å²) in [5, 5.41) is 7.82. The number of hydrogen-bond acceptors (Lipinski definition) is 5. The summed E-state index contributed by atoms with van der Waals surface area (Å²) in [6, 6.07) is 12.0. The fraction of sp³-hybridized carbons (Fsp3) is 0.273. The van der Waals surface area contributed by atoms with E-state index >= 15 is 0 Å². The van der Waals surface area contributed by atoms with Crippen molar-refractivity contribution in [2.75, 3.05) is 16.8 Å². The molecule has 9 heteroatoms. The molecule has 0 bridgehead atoms. The molecule has 1 spiro atoms. The number of ether oxygens (including phenoxy) is 1. The van der Waals surface area contributed by atoms with Gasteiger partial charge in [0.2, 0.25) is 5.91 Å². The molecule has 2 aromatic carbocycles. The number of hydrogen-bond donors (Lipinski definition) is 3. The molecule has 5 amide bonds. The lowest BCUT2D eigenvalue weighted by Gasteiger charge is -2.32. The molecule has 31 heavy (non-hydrogen) atoms. The van der Waals surface area contributed by atoms with E-state index in [1.807, 2.05) is 12.1 Å². The lowest BCUT2D eigenvalue weighted by atomic mass is 9.96. The number of imide groups is 1. The summed E-state index contributed by atoms with van der Waals surface area (Å²) in [5.41, 5.74) is 1.99. The second kappa shape index (κ2) is 6.83. The van der Waals surface area contributed by atoms with Crippen LogP contribution in [0.1, 0.15) is 20.9 Å². The number of benzene rings is 2. The maximum absolute atomic E-state index is 12.7. The van der Waals surface area contributed by atoms with Crippen molar-refractivity contribution in [3.05, 3.63) is 53.6 Å². The lowest BCUT2D eigenvalue weighted by molar-refractivity contribution is -0.127. The Morgan fingerprint density at radius 3 is 2.74 bits per heavy atom. The zero-order chi connectivity index (χ0) is 21.8. The number of amides is 5. The van der Waals surface area contributed by atoms with Gasteiger partial charge in [0, 0.05) is 21.4 Å². The number of rotatable bonds is 3. The number of carbonyl (C=O) groups is 4. The maximum atomic E-state index is 12.7. The molecule has 1 saturated heterocycles. The quantitative estimate of drug-likeness (QED) is 0.647. The van der Waals surface area contributed by atoms with Crippen molar-refractivity contribution in [3.8, 4) is 5.75 Å². The number of nitrogens with one attached hydrogen (secondary N) is 3. The minimum Gasteiger partial charge on any atom is -0.479 e. The third-order valence-electron chi connectivity index (χ3n) is 5.86. The fourth-order valence-electron chi connectivity index (χ4n) is 4.40. The van der Waals surface area contributed by atoms with Crippen LogP contribution in [0.25, 0.3) is 0 Å². The van der Waals surface area contributed by atoms with Gasteiger partial charge in [-0.25, -0.2) is 4.79 Å². The first-order valence-electron chi connectivity index (χ1n) is 9.97. The summed E-state index contributed by atoms with van der Waals surface area (Å²) in [4.78, 5) is 50.5. The van der Waals surface area contributed by atoms with E-state index < -0.39 is 17.7 Å². The number of fused-ring (bicyclic) bond motifs is 2. The van der Waals surface area contributed by atoms with Crippen LogP contribution in [0, 0.1) is 0 Å². The molecule has 1 fully saturated rings. The van der Waals surface area contributed by atoms with Gasteiger partial charge < -0.3 is 15.4 Å². The van der Waals surface area contributed by atoms with E-state index in [9.17, 15) is 19.2 Å². The predicted octanol–water partition coefficient (Wildman–Crippen LogP) is 1.61. The Morgan fingerprint density at radius 1 is 1.19 bits per heavy atom. The van der Waals surface area contributed by atoms with Crippen molar-refractivity contribution in [1.82, 2.24) is 10.6 Å². The van der Waals surface area contributed by atoms with Crippen LogP contribution < -0.4 is 25.6 Å². The van der Waals surface area contributed by atoms with Crippen molar-refractivity contribution in [2.45, 2.75) is 31.4 Å². The van der Waals surface area contributed by atoms with Gasteiger partial charge in [0.05, 0.1) is 5.69 Å². The smallest absolute Gasteiger partial charge is 0.322 e. The summed E-state index contributed by atoms with van der Waals surface area (Å²) < 4.78 is 5.60. The second-order valence-corrected chi connectivity index (χ2v) is 8.03. The molecule has 9 nitrogen and oxygen atoms in total. The molecule has 0 radical (unpaired) electrons. The Hall–Kier alpha value is -3.88. The van der Waals surface area contributed by atoms with Gasteiger partial charge in [-0.2, -0.15) is 0 Å². The molecule has 0 saturated carbocycles. The molecule has 2 heterocycles. The molecular formula is C22H24N4O5. The Kier molecular flexibility index (Phi) is 4.21. The van der Waals surface area contributed by atoms with Crippen molar-refractivity contribution < 1.29 is 26.8 Å². The van der Waals surface area contributed by atoms with Crippen molar-refractivity contribution in [3.63, 3.8) is 0 Å². The Bertz CT molecular complexity index is 1160. The number of urea groups is 1. The number of para-hydroxylation sites is 2. The van der Waals surface area contributed by atoms with Gasteiger partial charge in [-0.15, -0.1) is 0 Å². The van der Waals surface area contributed by atoms with E-state index in [-0.39, 0.29) is 27.1 Å². The van der Waals surface area contributed by atoms with Crippen LogP contribution in [0.4, 0.5) is 16.2 Å². The van der Waals surface area contributed by atoms with Crippen molar-refractivity contribution in [1.29, 1.82) is 0 Å². The van der Waals surface area contributed by atoms with Crippen LogP contribution in [0.2, 0.25) is 0 Å². The van der Waals surface area contributed by atoms with Crippen LogP contribution in [0.5, 0.6) is 5.75 Å². The van der Waals surface area contributed by atoms with E-state index in [0.29, 0.717) is 30.0 Å². The molecule has 3 aliphatic rings. The summed E-state index contributed by atoms with van der Waals surface area (Å²) in [6.45, 7) is 1.50. The van der Waals surface area contributed by atoms with E-state index in [0.717, 1.165) is 11.1 Å². The minimum absolute atomic E-state index is 0. The predicted molar refractivity (Wildman–Crippen MR) is 115 cm³/mol. The molecule has 2 unspecified atom stereocenters. The van der Waals surface area contributed by atoms with Crippen LogP contribution >= 0.6 is 0 Å². The third kappa shape index (κ3) is 3.18. The highest BCUT2D eigenvalue weighted by Crippen LogP contribution is 2.35. The summed E-state index contributed by atoms with van der Waals surface area (Å²) in [5.74, 6) is -0.412. The average Bonchev–Trinajstić information content (AvgIpc) is 3.22. The topological polar surface area (TPSA) is 117 Å². The minimum atomic E-state index is -0.956. The van der Waals surface area contributed by atoms with Gasteiger partial charge in [-0.05, 0) is 42.3 Å². The average molecular weight is 424 g/mol. The second-order valence-electron chi connectivity index (χ2n) is 8.03. The van der Waals surface area contributed by atoms with Gasteiger partial charge in [0.25, 0.3) is 11.8 Å². The standard InChI is InChI=1S/C22H20N4O5.2H2/c1-12-19(28)26(16-4-2-3-5-17(16)31-12)11-18(27)23-15-7-6-13-9-22(10-14(13)8-15)20(29)24-21(30)25-22;;/h2-8,12H,9-11H2,1H3,(H,23,27)(H2,24,25,29,30);2*1H. The van der Waals surface area contributed by atoms with Crippen LogP contribution in [0.3, 0.4) is 0 Å². The molecular weight excluding hydrogens is 400 g/mol. The first-order valence-corrected chi connectivity index (χ1v) is 9.97. The third-order valence-corrected chi connectivity index (χ3v) is 5.86. The van der Waals surface area contributed by atoms with Crippen molar-refractivity contribution >= 4 is 35.1 Å². The molecule has 2 aromatic rings. The van der Waals surface area contributed by atoms with Gasteiger partial charge >= 0.3 is 6.03 Å². The zero-order valence-corrected chi connectivity index (χ0v) is 16.7. The van der Waals surface area contributed by atoms with Crippen LogP contribution in [-0.2, 0) is 27.2 Å². The fourth-order valence-corrected chi connectivity index (χ4v) is 4.40. The maximum Gasteiger partial charge on any atom is 0.322 e. The molecule has 5 rings (SSSR count). The van der Waals surface area contributed by atoms with E-state index in [4.69, 9.17) is 4.74 Å². The lowest BCUT2D eigenvalue weighted by Crippen LogP contribution is -2.47. The van der Waals surface area contributed by atoms with E-state index in [1.54, 1.807) is 37.3 Å². The van der Waals surface area contributed by atoms with Crippen molar-refractivity contribution in [2.24, 2.45) is 0 Å². The molecule has 3 N–H and O–H groups in total. The highest BCUT2D eigenvalue weighted by Gasteiger charge is 2.50. The zero-order valence-electron chi connectivity index (χ0n) is 16.7. The molecule has 2 aliphatic heterocycles. The molecule has 0 aromatic heterocycles. The highest BCUT2D eigenvalue weighted by molar-refractivity contribution is 6.08. The van der Waals surface area contributed by atoms with Gasteiger partial charge in [0.1, 0.15) is 17.8 Å². The molecule has 1 aliphatic carbocycles. The summed E-state index contributed by atoms with van der Waals surface area (Å²) >= 11 is 0. The van der Waals surface area contributed by atoms with E-state index in [1.165, 1.54) is 4.90 Å². The number of anilines is 2. The molecule has 2 atom stereocenters. The Balaban J connectivity index is 0.00000153. The van der Waals surface area contributed by atoms with E-state index in [2.05, 4.69) is 16.0 Å². The normalized spacial score (nSPS) is 23.7. The Labute approximate surface area is 180 Å². The highest BCUT2D eigenvalue weighted by atomic mass is 16.5.